The summed E-state index contributed by atoms with van der Waals surface area (Å²) in [5.41, 5.74) is 0. The number of ether oxygens (including phenoxy) is 7. The average Bonchev–Trinajstić information content (AvgIpc) is 0.835. The third-order valence-electron chi connectivity index (χ3n) is 18.9. The number of methoxy groups -OCH3 is 1. The molecule has 0 aromatic rings. The molecule has 3 aliphatic heterocycles. The van der Waals surface area contributed by atoms with E-state index in [-0.39, 0.29) is 68.3 Å². The average molecular weight is 1490 g/mol. The lowest BCUT2D eigenvalue weighted by Crippen LogP contribution is -2.55. The monoisotopic (exact) mass is 1490 g/mol. The number of ketones is 4. The van der Waals surface area contributed by atoms with Crippen LogP contribution >= 0.6 is 0 Å². The first kappa shape index (κ1) is 96.0. The number of unbranched alkanes of at least 4 members (excludes halogenated alkanes) is 15. The number of hydrogen-bond acceptors (Lipinski definition) is 25. The Kier molecular flexibility index (Phi) is 53.4. The van der Waals surface area contributed by atoms with Crippen molar-refractivity contribution in [2.75, 3.05) is 92.6 Å². The molecule has 29 nitrogen and oxygen atoms in total. The van der Waals surface area contributed by atoms with Gasteiger partial charge in [-0.05, 0) is 76.5 Å². The topological polar surface area (TPSA) is 435 Å². The van der Waals surface area contributed by atoms with Crippen LogP contribution in [0.25, 0.3) is 0 Å². The highest BCUT2D eigenvalue weighted by molar-refractivity contribution is 5.91. The van der Waals surface area contributed by atoms with Gasteiger partial charge in [0, 0.05) is 122 Å². The molecule has 3 fully saturated rings. The molecule has 3 saturated heterocycles. The van der Waals surface area contributed by atoms with Gasteiger partial charge in [-0.2, -0.15) is 0 Å². The fraction of sp³-hybridized carbons (Fsp3) is 0.893. The van der Waals surface area contributed by atoms with E-state index in [0.717, 1.165) is 83.2 Å². The van der Waals surface area contributed by atoms with Gasteiger partial charge in [-0.15, -0.1) is 0 Å². The van der Waals surface area contributed by atoms with Gasteiger partial charge in [0.25, 0.3) is 0 Å². The van der Waals surface area contributed by atoms with Crippen LogP contribution in [0.3, 0.4) is 0 Å². The van der Waals surface area contributed by atoms with Crippen molar-refractivity contribution in [2.24, 2.45) is 23.7 Å². The normalized spacial score (nSPS) is 25.0. The van der Waals surface area contributed by atoms with E-state index >= 15 is 0 Å². The Labute approximate surface area is 618 Å². The molecule has 4 amide bonds. The minimum Gasteiger partial charge on any atom is -0.394 e. The second-order valence-corrected chi connectivity index (χ2v) is 29.1. The van der Waals surface area contributed by atoms with Crippen molar-refractivity contribution in [1.82, 2.24) is 26.2 Å². The third-order valence-corrected chi connectivity index (χ3v) is 18.9. The second-order valence-electron chi connectivity index (χ2n) is 29.1. The lowest BCUT2D eigenvalue weighted by molar-refractivity contribution is -0.282. The Morgan fingerprint density at radius 1 is 0.375 bits per heavy atom. The number of nitrogens with one attached hydrogen (secondary N) is 4. The Morgan fingerprint density at radius 2 is 0.692 bits per heavy atom. The van der Waals surface area contributed by atoms with Crippen molar-refractivity contribution in [3.8, 4) is 0 Å². The highest BCUT2D eigenvalue weighted by Gasteiger charge is 2.45. The maximum Gasteiger partial charge on any atom is 0.239 e. The maximum absolute atomic E-state index is 14.4. The summed E-state index contributed by atoms with van der Waals surface area (Å²) in [5.74, 6) is -3.27. The molecule has 0 radical (unpaired) electrons. The van der Waals surface area contributed by atoms with E-state index in [2.05, 4.69) is 42.0 Å². The van der Waals surface area contributed by atoms with Crippen LogP contribution in [0.2, 0.25) is 0 Å². The second kappa shape index (κ2) is 57.9. The molecule has 0 spiro atoms. The Bertz CT molecular complexity index is 2260. The van der Waals surface area contributed by atoms with Crippen molar-refractivity contribution in [3.05, 3.63) is 0 Å². The van der Waals surface area contributed by atoms with Gasteiger partial charge in [0.1, 0.15) is 59.8 Å². The van der Waals surface area contributed by atoms with Crippen molar-refractivity contribution < 1.29 is 117 Å². The molecule has 104 heavy (non-hydrogen) atoms. The number of aliphatic hydroxyl groups excluding tert-OH is 9. The maximum atomic E-state index is 14.4. The zero-order chi connectivity index (χ0) is 77.2. The molecule has 0 aromatic heterocycles. The summed E-state index contributed by atoms with van der Waals surface area (Å²) in [6.07, 6.45) is 3.36. The number of carbonyl (C=O) groups excluding carboxylic acids is 8. The molecule has 0 aromatic carbocycles. The first-order valence-corrected chi connectivity index (χ1v) is 38.9. The zero-order valence-corrected chi connectivity index (χ0v) is 63.8. The van der Waals surface area contributed by atoms with E-state index in [4.69, 9.17) is 33.2 Å². The molecule has 3 heterocycles. The van der Waals surface area contributed by atoms with Crippen LogP contribution in [0.5, 0.6) is 0 Å². The molecule has 29 heteroatoms. The van der Waals surface area contributed by atoms with Gasteiger partial charge in [-0.25, -0.2) is 0 Å². The fourth-order valence-electron chi connectivity index (χ4n) is 12.3. The van der Waals surface area contributed by atoms with E-state index in [1.54, 1.807) is 27.9 Å². The summed E-state index contributed by atoms with van der Waals surface area (Å²) in [6, 6.07) is -1.12. The molecular formula is C75H137N5O24. The van der Waals surface area contributed by atoms with Crippen molar-refractivity contribution in [2.45, 2.75) is 314 Å². The lowest BCUT2D eigenvalue weighted by Gasteiger charge is -2.40. The van der Waals surface area contributed by atoms with E-state index in [1.807, 2.05) is 0 Å². The van der Waals surface area contributed by atoms with E-state index in [0.29, 0.717) is 117 Å². The van der Waals surface area contributed by atoms with Gasteiger partial charge in [-0.1, -0.05) is 112 Å². The summed E-state index contributed by atoms with van der Waals surface area (Å²) < 4.78 is 39.3. The predicted octanol–water partition coefficient (Wildman–Crippen LogP) is 3.69. The van der Waals surface area contributed by atoms with Crippen LogP contribution in [0.4, 0.5) is 0 Å². The van der Waals surface area contributed by atoms with Gasteiger partial charge in [0.05, 0.1) is 63.8 Å². The highest BCUT2D eigenvalue weighted by Crippen LogP contribution is 2.30. The number of rotatable bonds is 59. The molecule has 0 aliphatic carbocycles. The molecular weight excluding hydrogens is 1350 g/mol. The molecule has 7 unspecified atom stereocenters. The van der Waals surface area contributed by atoms with Gasteiger partial charge in [-0.3, -0.25) is 43.3 Å². The fourth-order valence-corrected chi connectivity index (χ4v) is 12.3. The number of carbonyl (C=O) groups is 8. The largest absolute Gasteiger partial charge is 0.394 e. The van der Waals surface area contributed by atoms with Crippen LogP contribution < -0.4 is 21.3 Å². The van der Waals surface area contributed by atoms with Crippen LogP contribution in [-0.4, -0.2) is 270 Å². The van der Waals surface area contributed by atoms with Gasteiger partial charge < -0.3 is 100 Å². The number of aliphatic hydroxyl groups is 9. The number of nitrogens with zero attached hydrogens (tertiary/aromatic N) is 1. The summed E-state index contributed by atoms with van der Waals surface area (Å²) in [5, 5.41) is 101. The minimum absolute atomic E-state index is 0.0169. The van der Waals surface area contributed by atoms with Gasteiger partial charge in [0.15, 0.2) is 18.9 Å². The first-order chi connectivity index (χ1) is 49.8. The molecule has 13 N–H and O–H groups in total. The Hall–Kier alpha value is -4.12. The van der Waals surface area contributed by atoms with Crippen LogP contribution in [-0.2, 0) is 71.5 Å². The first-order valence-electron chi connectivity index (χ1n) is 38.9. The smallest absolute Gasteiger partial charge is 0.239 e. The Morgan fingerprint density at radius 3 is 1.06 bits per heavy atom. The number of amides is 4. The van der Waals surface area contributed by atoms with Crippen LogP contribution in [0.1, 0.15) is 234 Å². The molecule has 0 saturated carbocycles. The van der Waals surface area contributed by atoms with Gasteiger partial charge in [0.2, 0.25) is 23.6 Å². The molecule has 16 atom stereocenters. The summed E-state index contributed by atoms with van der Waals surface area (Å²) in [7, 11) is 1.68. The third kappa shape index (κ3) is 41.4. The molecule has 606 valence electrons. The van der Waals surface area contributed by atoms with E-state index in [9.17, 15) is 84.3 Å². The standard InChI is InChI=1S/C71H127N5O24.C4H10/c1-48-62(87)65(90)56(45-77)98-69(48)95-39-22-11-7-18-35-72-59(84)33-31-53(82)43-76(44-54(83)32-34-60(85)73-36-19-8-12-23-40-96-70-49(2)63(88)66(91)57(46-78)99-70)55(30-17-14-16-27-52(81)29-25-28-51(80)26-15-6-5-10-21-38-94-4)68(93)75-42-61(86)74-37-20-9-13-24-41-97-71-50(3)64(89)67(92)58(47-79)100-71;1-4(2)3/h48-50,55-58,62-67,69-71,77-79,87-92H,5-47H2,1-4H3,(H,72,84)(H,73,85)(H,74,86)(H,75,93);4H,1-3H3/t48?,49?,50?,55?,56?,57?,58?,62-,63-,64-,65+,66+,67+,69-,70-,71-;/m1./s1. The summed E-state index contributed by atoms with van der Waals surface area (Å²) in [6.45, 7) is 11.5. The SMILES string of the molecule is CC(C)C.COCCCCCCCC(=O)CCCC(=O)CCCCCC(C(=O)NCC(=O)NCCCCCCO[C@@H]1OC(CO)[C@H](O)[C@H](O)C1C)N(CC(=O)CCC(=O)NCCCCCCO[C@@H]1OC(CO)[C@H](O)[C@H](O)C1C)CC(=O)CCC(=O)NCCCCCCO[C@@H]1OC(CO)[C@H](O)[C@H](O)C1C. The van der Waals surface area contributed by atoms with E-state index < -0.39 is 160 Å². The van der Waals surface area contributed by atoms with E-state index in [1.165, 1.54) is 4.90 Å². The Balaban J connectivity index is 0.00000894. The molecule has 0 bridgehead atoms. The van der Waals surface area contributed by atoms with Crippen molar-refractivity contribution >= 4 is 46.8 Å². The summed E-state index contributed by atoms with van der Waals surface area (Å²) in [4.78, 5) is 108. The summed E-state index contributed by atoms with van der Waals surface area (Å²) >= 11 is 0. The van der Waals surface area contributed by atoms with Gasteiger partial charge >= 0.3 is 0 Å². The quantitative estimate of drug-likeness (QED) is 0.0386. The minimum atomic E-state index is -1.23. The highest BCUT2D eigenvalue weighted by atomic mass is 16.7. The predicted molar refractivity (Wildman–Crippen MR) is 387 cm³/mol. The van der Waals surface area contributed by atoms with Crippen LogP contribution in [0, 0.1) is 23.7 Å². The van der Waals surface area contributed by atoms with Crippen molar-refractivity contribution in [1.29, 1.82) is 0 Å². The number of hydrogen-bond donors (Lipinski definition) is 13. The lowest BCUT2D eigenvalue weighted by atomic mass is 9.92. The molecule has 3 rings (SSSR count). The molecule has 3 aliphatic rings. The van der Waals surface area contributed by atoms with Crippen molar-refractivity contribution in [3.63, 3.8) is 0 Å². The van der Waals surface area contributed by atoms with Crippen LogP contribution in [0.15, 0.2) is 0 Å². The zero-order valence-electron chi connectivity index (χ0n) is 63.8. The number of Topliss-reactive ketones (excluding diaryl/α,β-unsaturated/α-hetero) is 4.